The first-order valence-corrected chi connectivity index (χ1v) is 3.48. The van der Waals surface area contributed by atoms with Crippen LogP contribution in [0.1, 0.15) is 0 Å². The lowest BCUT2D eigenvalue weighted by Gasteiger charge is -2.23. The Morgan fingerprint density at radius 2 is 1.92 bits per heavy atom. The van der Waals surface area contributed by atoms with E-state index in [0.29, 0.717) is 11.0 Å². The molecule has 0 heterocycles. The van der Waals surface area contributed by atoms with Gasteiger partial charge >= 0.3 is 5.97 Å². The van der Waals surface area contributed by atoms with Gasteiger partial charge in [-0.25, -0.2) is 9.18 Å². The maximum absolute atomic E-state index is 11.5. The summed E-state index contributed by atoms with van der Waals surface area (Å²) < 4.78 is 16.8. The molecule has 0 radical (unpaired) electrons. The fourth-order valence-electron chi connectivity index (χ4n) is 0.472. The second-order valence-corrected chi connectivity index (χ2v) is 3.37. The van der Waals surface area contributed by atoms with Gasteiger partial charge in [-0.1, -0.05) is 0 Å². The van der Waals surface area contributed by atoms with E-state index in [1.165, 1.54) is 0 Å². The first kappa shape index (κ1) is 14.4. The Kier molecular flexibility index (Phi) is 7.62. The maximum atomic E-state index is 11.5. The number of esters is 1. The minimum Gasteiger partial charge on any atom is -1.00 e. The van der Waals surface area contributed by atoms with Crippen molar-refractivity contribution in [2.45, 2.75) is 0 Å². The second-order valence-electron chi connectivity index (χ2n) is 3.37. The molecule has 0 saturated carbocycles. The van der Waals surface area contributed by atoms with E-state index < -0.39 is 12.6 Å². The molecule has 0 aromatic carbocycles. The Labute approximate surface area is 82.9 Å². The number of ether oxygens (including phenoxy) is 1. The maximum Gasteiger partial charge on any atom is 0.337 e. The monoisotopic (exact) mass is 243 g/mol. The van der Waals surface area contributed by atoms with Gasteiger partial charge in [0.05, 0.1) is 21.1 Å². The van der Waals surface area contributed by atoms with Crippen molar-refractivity contribution in [3.8, 4) is 0 Å². The first-order chi connectivity index (χ1) is 4.95. The van der Waals surface area contributed by atoms with Gasteiger partial charge in [0.2, 0.25) is 0 Å². The minimum atomic E-state index is -1.03. The molecule has 0 atom stereocenters. The van der Waals surface area contributed by atoms with Crippen LogP contribution in [0, 0.1) is 0 Å². The molecule has 0 N–H and O–H groups in total. The SMILES string of the molecule is C[N+](C)(C)CCOC(=O)CF.[Br-]. The number of quaternary nitrogens is 1. The minimum absolute atomic E-state index is 0. The highest BCUT2D eigenvalue weighted by molar-refractivity contribution is 5.70. The van der Waals surface area contributed by atoms with Gasteiger partial charge in [-0.3, -0.25) is 0 Å². The Morgan fingerprint density at radius 1 is 1.42 bits per heavy atom. The molecule has 0 aliphatic heterocycles. The van der Waals surface area contributed by atoms with Gasteiger partial charge < -0.3 is 26.2 Å². The molecule has 0 saturated heterocycles. The molecule has 0 amide bonds. The fourth-order valence-corrected chi connectivity index (χ4v) is 0.472. The summed E-state index contributed by atoms with van der Waals surface area (Å²) in [6.07, 6.45) is 0. The van der Waals surface area contributed by atoms with Crippen LogP contribution in [0.5, 0.6) is 0 Å². The highest BCUT2D eigenvalue weighted by Gasteiger charge is 2.08. The molecule has 0 rings (SSSR count). The van der Waals surface area contributed by atoms with Gasteiger partial charge in [0.15, 0.2) is 6.67 Å². The average molecular weight is 244 g/mol. The average Bonchev–Trinajstić information content (AvgIpc) is 1.85. The normalized spacial score (nSPS) is 10.3. The molecule has 3 nitrogen and oxygen atoms in total. The van der Waals surface area contributed by atoms with E-state index in [1.807, 2.05) is 21.1 Å². The van der Waals surface area contributed by atoms with E-state index in [4.69, 9.17) is 0 Å². The van der Waals surface area contributed by atoms with Crippen LogP contribution < -0.4 is 17.0 Å². The molecule has 0 aromatic rings. The van der Waals surface area contributed by atoms with Gasteiger partial charge in [0, 0.05) is 0 Å². The molecular formula is C7H15BrFNO2. The number of likely N-dealkylation sites (N-methyl/N-ethyl adjacent to an activating group) is 1. The van der Waals surface area contributed by atoms with Crippen LogP contribution in [-0.4, -0.2) is 51.4 Å². The van der Waals surface area contributed by atoms with Crippen molar-refractivity contribution in [1.82, 2.24) is 0 Å². The van der Waals surface area contributed by atoms with E-state index >= 15 is 0 Å². The van der Waals surface area contributed by atoms with Crippen LogP contribution in [0.3, 0.4) is 0 Å². The van der Waals surface area contributed by atoms with Crippen molar-refractivity contribution in [3.05, 3.63) is 0 Å². The van der Waals surface area contributed by atoms with E-state index in [1.54, 1.807) is 0 Å². The van der Waals surface area contributed by atoms with Crippen molar-refractivity contribution in [3.63, 3.8) is 0 Å². The van der Waals surface area contributed by atoms with Gasteiger partial charge in [-0.2, -0.15) is 0 Å². The van der Waals surface area contributed by atoms with Crippen molar-refractivity contribution in [2.75, 3.05) is 41.0 Å². The third-order valence-electron chi connectivity index (χ3n) is 1.13. The Morgan fingerprint density at radius 3 is 2.25 bits per heavy atom. The van der Waals surface area contributed by atoms with Gasteiger partial charge in [-0.05, 0) is 0 Å². The molecule has 0 aromatic heterocycles. The van der Waals surface area contributed by atoms with E-state index in [9.17, 15) is 9.18 Å². The lowest BCUT2D eigenvalue weighted by Crippen LogP contribution is -3.00. The molecule has 0 bridgehead atoms. The van der Waals surface area contributed by atoms with Crippen molar-refractivity contribution in [2.24, 2.45) is 0 Å². The van der Waals surface area contributed by atoms with Crippen molar-refractivity contribution < 1.29 is 35.4 Å². The molecule has 0 spiro atoms. The molecule has 0 fully saturated rings. The number of carbonyl (C=O) groups excluding carboxylic acids is 1. The van der Waals surface area contributed by atoms with E-state index in [0.717, 1.165) is 0 Å². The Bertz CT molecular complexity index is 136. The van der Waals surface area contributed by atoms with Gasteiger partial charge in [0.25, 0.3) is 0 Å². The Balaban J connectivity index is 0. The number of carbonyl (C=O) groups is 1. The van der Waals surface area contributed by atoms with Crippen LogP contribution >= 0.6 is 0 Å². The summed E-state index contributed by atoms with van der Waals surface area (Å²) in [5, 5.41) is 0. The quantitative estimate of drug-likeness (QED) is 0.395. The Hall–Kier alpha value is -0.160. The number of hydrogen-bond donors (Lipinski definition) is 0. The summed E-state index contributed by atoms with van der Waals surface area (Å²) in [6.45, 7) is -0.0465. The molecule has 5 heteroatoms. The molecule has 12 heavy (non-hydrogen) atoms. The lowest BCUT2D eigenvalue weighted by atomic mass is 10.5. The highest BCUT2D eigenvalue weighted by atomic mass is 79.9. The van der Waals surface area contributed by atoms with Crippen molar-refractivity contribution >= 4 is 5.97 Å². The number of rotatable bonds is 4. The summed E-state index contributed by atoms with van der Waals surface area (Å²) in [7, 11) is 5.93. The summed E-state index contributed by atoms with van der Waals surface area (Å²) >= 11 is 0. The first-order valence-electron chi connectivity index (χ1n) is 3.48. The predicted octanol–water partition coefficient (Wildman–Crippen LogP) is -2.79. The molecule has 0 aliphatic rings. The fraction of sp³-hybridized carbons (Fsp3) is 0.857. The van der Waals surface area contributed by atoms with Crippen LogP contribution in [-0.2, 0) is 9.53 Å². The number of alkyl halides is 1. The van der Waals surface area contributed by atoms with Gasteiger partial charge in [-0.15, -0.1) is 0 Å². The second kappa shape index (κ2) is 6.37. The van der Waals surface area contributed by atoms with Crippen LogP contribution in [0.15, 0.2) is 0 Å². The topological polar surface area (TPSA) is 26.3 Å². The zero-order valence-electron chi connectivity index (χ0n) is 7.64. The standard InChI is InChI=1S/C7H15FNO2.BrH/c1-9(2,3)4-5-11-7(10)6-8;/h4-6H2,1-3H3;1H/q+1;/p-1. The van der Waals surface area contributed by atoms with Crippen LogP contribution in [0.2, 0.25) is 0 Å². The molecule has 0 unspecified atom stereocenters. The number of hydrogen-bond acceptors (Lipinski definition) is 2. The summed E-state index contributed by atoms with van der Waals surface area (Å²) in [5.41, 5.74) is 0. The van der Waals surface area contributed by atoms with E-state index in [2.05, 4.69) is 4.74 Å². The zero-order valence-corrected chi connectivity index (χ0v) is 9.23. The molecule has 74 valence electrons. The van der Waals surface area contributed by atoms with E-state index in [-0.39, 0.29) is 23.6 Å². The number of nitrogens with zero attached hydrogens (tertiary/aromatic N) is 1. The van der Waals surface area contributed by atoms with Crippen LogP contribution in [0.4, 0.5) is 4.39 Å². The lowest BCUT2D eigenvalue weighted by molar-refractivity contribution is -0.870. The number of halogens is 2. The summed E-state index contributed by atoms with van der Waals surface area (Å²) in [5.74, 6) is -0.779. The highest BCUT2D eigenvalue weighted by Crippen LogP contribution is 1.89. The molecule has 0 aliphatic carbocycles. The summed E-state index contributed by atoms with van der Waals surface area (Å²) in [6, 6.07) is 0. The summed E-state index contributed by atoms with van der Waals surface area (Å²) in [4.78, 5) is 10.3. The zero-order chi connectivity index (χ0) is 8.91. The third-order valence-corrected chi connectivity index (χ3v) is 1.13. The van der Waals surface area contributed by atoms with Crippen molar-refractivity contribution in [1.29, 1.82) is 0 Å². The smallest absolute Gasteiger partial charge is 0.337 e. The largest absolute Gasteiger partial charge is 1.00 e. The third kappa shape index (κ3) is 9.84. The van der Waals surface area contributed by atoms with Crippen LogP contribution in [0.25, 0.3) is 0 Å². The molecular weight excluding hydrogens is 229 g/mol. The predicted molar refractivity (Wildman–Crippen MR) is 39.8 cm³/mol. The van der Waals surface area contributed by atoms with Gasteiger partial charge in [0.1, 0.15) is 13.2 Å².